The Hall–Kier alpha value is -17.3. The highest BCUT2D eigenvalue weighted by molar-refractivity contribution is 6.12. The van der Waals surface area contributed by atoms with Crippen LogP contribution in [0.25, 0.3) is 22.3 Å². The molecule has 636 valence electrons. The van der Waals surface area contributed by atoms with Gasteiger partial charge in [0, 0.05) is 33.4 Å². The Bertz CT molecular complexity index is 5990. The van der Waals surface area contributed by atoms with E-state index in [4.69, 9.17) is 47.4 Å². The van der Waals surface area contributed by atoms with Crippen LogP contribution in [0.15, 0.2) is 72.8 Å². The van der Waals surface area contributed by atoms with E-state index in [1.807, 2.05) is 0 Å². The smallest absolute Gasteiger partial charge is 0.340 e. The van der Waals surface area contributed by atoms with Crippen molar-refractivity contribution in [1.82, 2.24) is 0 Å². The molecule has 0 aliphatic carbocycles. The zero-order valence-corrected chi connectivity index (χ0v) is 59.9. The fraction of sp³-hybridized carbons (Fsp3) is 0.160. The summed E-state index contributed by atoms with van der Waals surface area (Å²) in [6.07, 6.45) is -27.9. The number of fused-ring (bicyclic) bond motifs is 7. The van der Waals surface area contributed by atoms with Crippen LogP contribution < -0.4 is 0 Å². The van der Waals surface area contributed by atoms with Crippen LogP contribution in [0.2, 0.25) is 0 Å². The molecule has 13 rings (SSSR count). The molecule has 9 aromatic rings. The number of benzene rings is 9. The fourth-order valence-corrected chi connectivity index (χ4v) is 13.6. The first-order chi connectivity index (χ1) is 57.3. The minimum absolute atomic E-state index is 0.000366. The number of phenols is 27. The Kier molecular flexibility index (Phi) is 20.6. The summed E-state index contributed by atoms with van der Waals surface area (Å²) in [5, 5.41) is 311. The van der Waals surface area contributed by atoms with Gasteiger partial charge in [0.2, 0.25) is 41.1 Å². The number of esters is 9. The van der Waals surface area contributed by atoms with Crippen LogP contribution in [0.1, 0.15) is 110 Å². The molecule has 47 heteroatoms. The Balaban J connectivity index is 1.07. The van der Waals surface area contributed by atoms with Gasteiger partial charge in [-0.1, -0.05) is 0 Å². The average Bonchev–Trinajstić information content (AvgIpc) is 0.730. The van der Waals surface area contributed by atoms with Gasteiger partial charge in [-0.05, 0) is 72.8 Å². The minimum Gasteiger partial charge on any atom is -0.504 e. The van der Waals surface area contributed by atoms with Gasteiger partial charge in [-0.3, -0.25) is 0 Å². The van der Waals surface area contributed by atoms with E-state index in [-0.39, 0.29) is 18.2 Å². The normalized spacial score (nSPS) is 19.7. The van der Waals surface area contributed by atoms with Crippen LogP contribution in [-0.4, -0.2) is 265 Å². The first kappa shape index (κ1) is 82.7. The van der Waals surface area contributed by atoms with Crippen molar-refractivity contribution in [2.75, 3.05) is 13.2 Å². The number of ether oxygens (including phenoxy) is 10. The number of carbonyl (C=O) groups excluding carboxylic acids is 9. The Morgan fingerprint density at radius 1 is 0.303 bits per heavy atom. The van der Waals surface area contributed by atoms with E-state index in [9.17, 15) is 167 Å². The second-order valence-electron chi connectivity index (χ2n) is 26.7. The molecule has 4 aliphatic heterocycles. The summed E-state index contributed by atoms with van der Waals surface area (Å²) in [6, 6.07) is 3.71. The standard InChI is InChI=1S/C75H54O47/c76-23-1-15(2-24(77)45(23)89)66(104)114-14-36-61(117-67(105)16-3-25(78)46(90)26(79)4-16)64(119-68(106)17-5-27(80)47(91)28(81)6-17)65(75(115-36)122-69(107)18-7-29(82)48(92)30(83)8-18)121-73(111)22-12-34(87)52(96)56(100)40(22)43-42-44-41(57(101)59(103)58(42)102)39-21(11-33(86)51(95)55(39)99)72(110)120-63(62(43)118-74(44)112)60-35(88)13-113-70(108)19-9-31(84)49(93)53(97)37(19)38-20(71(109)116-60)10-32(85)50(94)54(38)98/h1-12,35-36,43,60-65,75-103H,13-14H2/t35-,36-,43+,60-,61-,62-,63-,64+,65-,75-/m1/s1. The van der Waals surface area contributed by atoms with Gasteiger partial charge in [0.15, 0.2) is 157 Å². The maximum absolute atomic E-state index is 16.3. The zero-order chi connectivity index (χ0) is 89.2. The molecule has 10 atom stereocenters. The van der Waals surface area contributed by atoms with Gasteiger partial charge in [0.05, 0.1) is 56.0 Å². The number of cyclic esters (lactones) is 3. The highest BCUT2D eigenvalue weighted by atomic mass is 16.8. The van der Waals surface area contributed by atoms with Crippen molar-refractivity contribution >= 4 is 53.7 Å². The molecule has 4 heterocycles. The molecule has 1 saturated heterocycles. The molecule has 47 nitrogen and oxygen atoms in total. The van der Waals surface area contributed by atoms with Gasteiger partial charge < -0.3 is 190 Å². The number of aromatic hydroxyl groups is 27. The number of aliphatic hydroxyl groups is 1. The number of carbonyl (C=O) groups is 9. The van der Waals surface area contributed by atoms with Crippen molar-refractivity contribution < 1.29 is 234 Å². The zero-order valence-electron chi connectivity index (χ0n) is 59.9. The number of phenolic OH excluding ortho intramolecular Hbond substituents is 27. The molecule has 122 heavy (non-hydrogen) atoms. The van der Waals surface area contributed by atoms with E-state index in [1.165, 1.54) is 0 Å². The van der Waals surface area contributed by atoms with Crippen LogP contribution in [0.4, 0.5) is 0 Å². The molecule has 0 saturated carbocycles. The maximum Gasteiger partial charge on any atom is 0.340 e. The lowest BCUT2D eigenvalue weighted by Crippen LogP contribution is -2.63. The molecule has 28 N–H and O–H groups in total. The van der Waals surface area contributed by atoms with Crippen LogP contribution in [0.3, 0.4) is 0 Å². The molecule has 0 amide bonds. The molecule has 4 aliphatic rings. The molecule has 2 bridgehead atoms. The first-order valence-electron chi connectivity index (χ1n) is 33.9. The van der Waals surface area contributed by atoms with Crippen LogP contribution in [0, 0.1) is 0 Å². The van der Waals surface area contributed by atoms with E-state index in [0.29, 0.717) is 54.6 Å². The second-order valence-corrected chi connectivity index (χ2v) is 26.7. The van der Waals surface area contributed by atoms with Gasteiger partial charge >= 0.3 is 53.7 Å². The third-order valence-corrected chi connectivity index (χ3v) is 19.3. The summed E-state index contributed by atoms with van der Waals surface area (Å²) < 4.78 is 57.3. The molecular weight excluding hydrogens is 1650 g/mol. The predicted octanol–water partition coefficient (Wildman–Crippen LogP) is 2.45. The van der Waals surface area contributed by atoms with Crippen LogP contribution in [-0.2, 0) is 47.4 Å². The summed E-state index contributed by atoms with van der Waals surface area (Å²) in [7, 11) is 0. The van der Waals surface area contributed by atoms with Crippen molar-refractivity contribution in [2.24, 2.45) is 0 Å². The summed E-state index contributed by atoms with van der Waals surface area (Å²) in [5.41, 5.74) is -20.6. The molecule has 0 radical (unpaired) electrons. The SMILES string of the molecule is O=C(OC[C@H]1O[C@H](OC(=O)c2cc(O)c(O)c(O)c2)[C@H](OC(=O)c2cc(O)c(O)c(O)c2[C@H]2c3c(O)c(O)c(O)c4c3C(=O)O[C@H]2[C@@H]([C@@H]2OC(=O)c3cc(O)c(O)c(O)c3-c3c(cc(O)c(O)c3O)C(=O)OC[C@H]2O)OC(=O)c2cc(O)c(O)c(O)c2-4)[C@@H](OC(=O)c2cc(O)c(O)c(O)c2)[C@@H]1OC(=O)c1cc(O)c(O)c(O)c1)c1cc(O)c(O)c(O)c1. The van der Waals surface area contributed by atoms with Gasteiger partial charge in [-0.2, -0.15) is 0 Å². The number of rotatable bonds is 13. The lowest BCUT2D eigenvalue weighted by molar-refractivity contribution is -0.282. The molecule has 0 spiro atoms. The van der Waals surface area contributed by atoms with Crippen molar-refractivity contribution in [2.45, 2.75) is 61.0 Å². The van der Waals surface area contributed by atoms with Crippen molar-refractivity contribution in [3.8, 4) is 177 Å². The molecular formula is C75H54O47. The number of hydrogen-bond acceptors (Lipinski definition) is 47. The number of aliphatic hydroxyl groups excluding tert-OH is 1. The van der Waals surface area contributed by atoms with Crippen molar-refractivity contribution in [3.63, 3.8) is 0 Å². The van der Waals surface area contributed by atoms with Gasteiger partial charge in [-0.15, -0.1) is 0 Å². The topological polar surface area (TPSA) is 812 Å². The summed E-state index contributed by atoms with van der Waals surface area (Å²) >= 11 is 0. The largest absolute Gasteiger partial charge is 0.504 e. The molecule has 9 aromatic carbocycles. The summed E-state index contributed by atoms with van der Waals surface area (Å²) in [5.74, 6) is -63.4. The van der Waals surface area contributed by atoms with Crippen LogP contribution in [0.5, 0.6) is 155 Å². The van der Waals surface area contributed by atoms with E-state index in [0.717, 1.165) is 0 Å². The Labute approximate surface area is 670 Å². The predicted molar refractivity (Wildman–Crippen MR) is 379 cm³/mol. The fourth-order valence-electron chi connectivity index (χ4n) is 13.6. The Morgan fingerprint density at radius 3 is 1.08 bits per heavy atom. The molecule has 0 aromatic heterocycles. The summed E-state index contributed by atoms with van der Waals surface area (Å²) in [6.45, 7) is -3.37. The minimum atomic E-state index is -3.32. The lowest BCUT2D eigenvalue weighted by Gasteiger charge is -2.44. The van der Waals surface area contributed by atoms with Gasteiger partial charge in [-0.25, -0.2) is 43.2 Å². The summed E-state index contributed by atoms with van der Waals surface area (Å²) in [4.78, 5) is 135. The van der Waals surface area contributed by atoms with Crippen molar-refractivity contribution in [1.29, 1.82) is 0 Å². The first-order valence-corrected chi connectivity index (χ1v) is 33.9. The van der Waals surface area contributed by atoms with Gasteiger partial charge in [0.25, 0.3) is 0 Å². The van der Waals surface area contributed by atoms with E-state index in [2.05, 4.69) is 0 Å². The Morgan fingerprint density at radius 2 is 0.639 bits per heavy atom. The van der Waals surface area contributed by atoms with E-state index >= 15 is 19.2 Å². The molecule has 0 unspecified atom stereocenters. The third-order valence-electron chi connectivity index (χ3n) is 19.3. The monoisotopic (exact) mass is 1710 g/mol. The third kappa shape index (κ3) is 13.9. The molecule has 1 fully saturated rings. The maximum atomic E-state index is 16.3. The quantitative estimate of drug-likeness (QED) is 0.0448. The average molecular weight is 1710 g/mol. The van der Waals surface area contributed by atoms with Gasteiger partial charge in [0.1, 0.15) is 25.4 Å². The highest BCUT2D eigenvalue weighted by Gasteiger charge is 2.59. The van der Waals surface area contributed by atoms with Crippen molar-refractivity contribution in [3.05, 3.63) is 134 Å². The second kappa shape index (κ2) is 30.4. The van der Waals surface area contributed by atoms with E-state index < -0.39 is 367 Å². The van der Waals surface area contributed by atoms with Crippen LogP contribution >= 0.6 is 0 Å². The highest BCUT2D eigenvalue weighted by Crippen LogP contribution is 2.62. The van der Waals surface area contributed by atoms with E-state index in [1.54, 1.807) is 0 Å². The lowest BCUT2D eigenvalue weighted by atomic mass is 9.73. The number of hydrogen-bond donors (Lipinski definition) is 28.